The van der Waals surface area contributed by atoms with Crippen LogP contribution in [0.25, 0.3) is 0 Å². The zero-order valence-corrected chi connectivity index (χ0v) is 11.4. The topological polar surface area (TPSA) is 69.4 Å². The van der Waals surface area contributed by atoms with E-state index in [-0.39, 0.29) is 21.6 Å². The van der Waals surface area contributed by atoms with E-state index in [9.17, 15) is 14.9 Å². The van der Waals surface area contributed by atoms with Gasteiger partial charge < -0.3 is 4.74 Å². The van der Waals surface area contributed by atoms with Crippen molar-refractivity contribution in [1.82, 2.24) is 0 Å². The molecule has 0 spiro atoms. The molecule has 0 radical (unpaired) electrons. The minimum Gasteiger partial charge on any atom is -0.462 e. The molecule has 0 aliphatic rings. The molecule has 0 aliphatic heterocycles. The standard InChI is InChI=1S/C7H5Br2NO4S/c1-2-14-7(11)5-3(8)4(10(12)13)6(9)15-5/h2H2,1H3. The summed E-state index contributed by atoms with van der Waals surface area (Å²) in [5, 5.41) is 10.6. The molecular weight excluding hydrogens is 354 g/mol. The van der Waals surface area contributed by atoms with Gasteiger partial charge in [-0.3, -0.25) is 10.1 Å². The molecule has 82 valence electrons. The maximum Gasteiger partial charge on any atom is 0.349 e. The Kier molecular flexibility index (Phi) is 4.23. The van der Waals surface area contributed by atoms with Gasteiger partial charge in [-0.25, -0.2) is 4.79 Å². The third kappa shape index (κ3) is 2.56. The number of carbonyl (C=O) groups excluding carboxylic acids is 1. The van der Waals surface area contributed by atoms with E-state index in [1.165, 1.54) is 0 Å². The first-order valence-corrected chi connectivity index (χ1v) is 6.18. The first-order chi connectivity index (χ1) is 6.99. The first kappa shape index (κ1) is 12.6. The van der Waals surface area contributed by atoms with Crippen molar-refractivity contribution in [2.45, 2.75) is 6.92 Å². The number of halogens is 2. The summed E-state index contributed by atoms with van der Waals surface area (Å²) >= 11 is 7.01. The van der Waals surface area contributed by atoms with Crippen LogP contribution in [0.2, 0.25) is 0 Å². The van der Waals surface area contributed by atoms with Crippen LogP contribution in [0.4, 0.5) is 5.69 Å². The number of ether oxygens (including phenoxy) is 1. The van der Waals surface area contributed by atoms with Crippen LogP contribution in [0.5, 0.6) is 0 Å². The van der Waals surface area contributed by atoms with E-state index in [4.69, 9.17) is 4.74 Å². The Morgan fingerprint density at radius 1 is 1.60 bits per heavy atom. The number of nitro groups is 1. The average Bonchev–Trinajstić information content (AvgIpc) is 2.42. The predicted octanol–water partition coefficient (Wildman–Crippen LogP) is 3.36. The molecule has 0 amide bonds. The normalized spacial score (nSPS) is 10.1. The van der Waals surface area contributed by atoms with Crippen molar-refractivity contribution >= 4 is 54.9 Å². The summed E-state index contributed by atoms with van der Waals surface area (Å²) in [6.45, 7) is 1.90. The van der Waals surface area contributed by atoms with Gasteiger partial charge in [0.15, 0.2) is 0 Å². The fourth-order valence-corrected chi connectivity index (χ4v) is 3.61. The van der Waals surface area contributed by atoms with Gasteiger partial charge in [-0.1, -0.05) is 0 Å². The van der Waals surface area contributed by atoms with Crippen molar-refractivity contribution in [3.8, 4) is 0 Å². The molecule has 0 saturated heterocycles. The van der Waals surface area contributed by atoms with Crippen LogP contribution in [-0.2, 0) is 4.74 Å². The van der Waals surface area contributed by atoms with Crippen LogP contribution in [0, 0.1) is 10.1 Å². The van der Waals surface area contributed by atoms with Crippen LogP contribution in [-0.4, -0.2) is 17.5 Å². The second-order valence-corrected chi connectivity index (χ2v) is 5.48. The number of esters is 1. The molecule has 15 heavy (non-hydrogen) atoms. The summed E-state index contributed by atoms with van der Waals surface area (Å²) in [5.74, 6) is -0.567. The molecule has 5 nitrogen and oxygen atoms in total. The van der Waals surface area contributed by atoms with Gasteiger partial charge in [0.2, 0.25) is 0 Å². The lowest BCUT2D eigenvalue weighted by Gasteiger charge is -1.97. The Balaban J connectivity index is 3.17. The molecule has 1 heterocycles. The van der Waals surface area contributed by atoms with Crippen LogP contribution < -0.4 is 0 Å². The number of hydrogen-bond acceptors (Lipinski definition) is 5. The van der Waals surface area contributed by atoms with E-state index in [0.717, 1.165) is 11.3 Å². The highest BCUT2D eigenvalue weighted by atomic mass is 79.9. The Bertz CT molecular complexity index is 417. The maximum absolute atomic E-state index is 11.4. The van der Waals surface area contributed by atoms with Crippen LogP contribution in [0.1, 0.15) is 16.6 Å². The fraction of sp³-hybridized carbons (Fsp3) is 0.286. The molecule has 1 rings (SSSR count). The molecule has 0 N–H and O–H groups in total. The van der Waals surface area contributed by atoms with E-state index in [0.29, 0.717) is 3.79 Å². The summed E-state index contributed by atoms with van der Waals surface area (Å²) in [6.07, 6.45) is 0. The number of carbonyl (C=O) groups is 1. The highest BCUT2D eigenvalue weighted by molar-refractivity contribution is 9.11. The van der Waals surface area contributed by atoms with E-state index in [2.05, 4.69) is 31.9 Å². The second-order valence-electron chi connectivity index (χ2n) is 2.35. The lowest BCUT2D eigenvalue weighted by atomic mass is 10.4. The summed E-state index contributed by atoms with van der Waals surface area (Å²) in [7, 11) is 0. The van der Waals surface area contributed by atoms with Crippen molar-refractivity contribution < 1.29 is 14.5 Å². The monoisotopic (exact) mass is 357 g/mol. The van der Waals surface area contributed by atoms with Crippen molar-refractivity contribution in [3.63, 3.8) is 0 Å². The Hall–Kier alpha value is -0.470. The largest absolute Gasteiger partial charge is 0.462 e. The number of nitrogens with zero attached hydrogens (tertiary/aromatic N) is 1. The zero-order chi connectivity index (χ0) is 11.6. The van der Waals surface area contributed by atoms with Gasteiger partial charge in [0, 0.05) is 0 Å². The molecule has 0 bridgehead atoms. The van der Waals surface area contributed by atoms with Crippen molar-refractivity contribution in [2.75, 3.05) is 6.61 Å². The molecule has 0 saturated carbocycles. The smallest absolute Gasteiger partial charge is 0.349 e. The highest BCUT2D eigenvalue weighted by Crippen LogP contribution is 2.43. The molecule has 0 aliphatic carbocycles. The zero-order valence-electron chi connectivity index (χ0n) is 7.45. The first-order valence-electron chi connectivity index (χ1n) is 3.78. The van der Waals surface area contributed by atoms with E-state index >= 15 is 0 Å². The molecule has 0 unspecified atom stereocenters. The Morgan fingerprint density at radius 2 is 2.20 bits per heavy atom. The van der Waals surface area contributed by atoms with Crippen molar-refractivity contribution in [2.24, 2.45) is 0 Å². The van der Waals surface area contributed by atoms with Gasteiger partial charge >= 0.3 is 11.7 Å². The fourth-order valence-electron chi connectivity index (χ4n) is 0.856. The van der Waals surface area contributed by atoms with Crippen LogP contribution in [0.15, 0.2) is 8.26 Å². The Labute approximate surface area is 106 Å². The molecule has 1 aromatic heterocycles. The molecular formula is C7H5Br2NO4S. The van der Waals surface area contributed by atoms with E-state index in [1.807, 2.05) is 0 Å². The summed E-state index contributed by atoms with van der Waals surface area (Å²) < 4.78 is 5.20. The minimum atomic E-state index is -0.567. The van der Waals surface area contributed by atoms with Crippen LogP contribution in [0.3, 0.4) is 0 Å². The number of rotatable bonds is 3. The van der Waals surface area contributed by atoms with Gasteiger partial charge in [-0.05, 0) is 38.8 Å². The molecule has 0 fully saturated rings. The predicted molar refractivity (Wildman–Crippen MR) is 62.3 cm³/mol. The van der Waals surface area contributed by atoms with Crippen LogP contribution >= 0.6 is 43.2 Å². The second kappa shape index (κ2) is 5.04. The molecule has 0 atom stereocenters. The third-order valence-corrected chi connectivity index (χ3v) is 4.27. The van der Waals surface area contributed by atoms with Crippen molar-refractivity contribution in [1.29, 1.82) is 0 Å². The summed E-state index contributed by atoms with van der Waals surface area (Å²) in [4.78, 5) is 21.6. The third-order valence-electron chi connectivity index (χ3n) is 1.43. The van der Waals surface area contributed by atoms with E-state index in [1.54, 1.807) is 6.92 Å². The lowest BCUT2D eigenvalue weighted by Crippen LogP contribution is -2.02. The summed E-state index contributed by atoms with van der Waals surface area (Å²) in [5.41, 5.74) is -0.150. The highest BCUT2D eigenvalue weighted by Gasteiger charge is 2.28. The lowest BCUT2D eigenvalue weighted by molar-refractivity contribution is -0.386. The molecule has 1 aromatic rings. The van der Waals surface area contributed by atoms with E-state index < -0.39 is 10.9 Å². The SMILES string of the molecule is CCOC(=O)c1sc(Br)c([N+](=O)[O-])c1Br. The van der Waals surface area contributed by atoms with Gasteiger partial charge in [0.1, 0.15) is 13.1 Å². The van der Waals surface area contributed by atoms with Gasteiger partial charge in [-0.15, -0.1) is 11.3 Å². The maximum atomic E-state index is 11.4. The summed E-state index contributed by atoms with van der Waals surface area (Å²) in [6, 6.07) is 0. The minimum absolute atomic E-state index is 0.150. The number of thiophene rings is 1. The average molecular weight is 359 g/mol. The van der Waals surface area contributed by atoms with Crippen molar-refractivity contribution in [3.05, 3.63) is 23.3 Å². The number of hydrogen-bond donors (Lipinski definition) is 0. The Morgan fingerprint density at radius 3 is 2.60 bits per heavy atom. The van der Waals surface area contributed by atoms with Gasteiger partial charge in [-0.2, -0.15) is 0 Å². The molecule has 0 aromatic carbocycles. The van der Waals surface area contributed by atoms with Gasteiger partial charge in [0.25, 0.3) is 0 Å². The quantitative estimate of drug-likeness (QED) is 0.472. The molecule has 8 heteroatoms. The van der Waals surface area contributed by atoms with Gasteiger partial charge in [0.05, 0.1) is 11.5 Å².